The van der Waals surface area contributed by atoms with Gasteiger partial charge in [0, 0.05) is 0 Å². The second-order valence-electron chi connectivity index (χ2n) is 1.21. The third-order valence-corrected chi connectivity index (χ3v) is 1.10. The first-order valence-electron chi connectivity index (χ1n) is 1.70. The summed E-state index contributed by atoms with van der Waals surface area (Å²) in [6.45, 7) is 0. The minimum Gasteiger partial charge on any atom is -0.207 e. The lowest BCUT2D eigenvalue weighted by Gasteiger charge is -2.04. The van der Waals surface area contributed by atoms with Gasteiger partial charge in [-0.2, -0.15) is 21.6 Å². The Balaban J connectivity index is 4.56. The minimum atomic E-state index is -6.24. The first-order valence-corrected chi connectivity index (χ1v) is 3.08. The van der Waals surface area contributed by atoms with Crippen LogP contribution in [0.15, 0.2) is 0 Å². The van der Waals surface area contributed by atoms with Crippen LogP contribution in [0.3, 0.4) is 0 Å². The molecule has 0 bridgehead atoms. The molecule has 0 saturated carbocycles. The van der Waals surface area contributed by atoms with Crippen LogP contribution in [0.25, 0.3) is 0 Å². The minimum absolute atomic E-state index is 3.63. The first-order chi connectivity index (χ1) is 4.15. The third-order valence-electron chi connectivity index (χ3n) is 0.437. The van der Waals surface area contributed by atoms with E-state index in [1.165, 1.54) is 0 Å². The van der Waals surface area contributed by atoms with Crippen molar-refractivity contribution in [2.75, 3.05) is 0 Å². The Morgan fingerprint density at radius 3 is 1.50 bits per heavy atom. The van der Waals surface area contributed by atoms with Gasteiger partial charge in [0.2, 0.25) is 0 Å². The molecule has 0 spiro atoms. The predicted molar refractivity (Wildman–Crippen MR) is 20.4 cm³/mol. The molecule has 0 amide bonds. The Morgan fingerprint density at radius 2 is 1.50 bits per heavy atom. The Morgan fingerprint density at radius 1 is 1.20 bits per heavy atom. The summed E-state index contributed by atoms with van der Waals surface area (Å²) >= 11 is 0. The molecule has 0 fully saturated rings. The number of rotatable bonds is 1. The van der Waals surface area contributed by atoms with Crippen LogP contribution >= 0.6 is 0 Å². The average molecular weight is 183 g/mol. The summed E-state index contributed by atoms with van der Waals surface area (Å²) in [7, 11) is -6.24. The molecule has 0 aromatic carbocycles. The summed E-state index contributed by atoms with van der Waals surface area (Å²) in [4.78, 5) is 0. The van der Waals surface area contributed by atoms with E-state index in [-0.39, 0.29) is 0 Å². The molecule has 0 atom stereocenters. The second-order valence-corrected chi connectivity index (χ2v) is 2.44. The van der Waals surface area contributed by atoms with Crippen molar-refractivity contribution < 1.29 is 29.9 Å². The number of hydrogen-bond donors (Lipinski definition) is 0. The zero-order valence-electron chi connectivity index (χ0n) is 4.11. The maximum Gasteiger partial charge on any atom is 0.445 e. The van der Waals surface area contributed by atoms with E-state index >= 15 is 0 Å². The largest absolute Gasteiger partial charge is 0.445 e. The van der Waals surface area contributed by atoms with E-state index in [0.717, 1.165) is 0 Å². The van der Waals surface area contributed by atoms with Crippen molar-refractivity contribution in [3.63, 3.8) is 0 Å². The van der Waals surface area contributed by atoms with Crippen LogP contribution in [0.2, 0.25) is 0 Å². The van der Waals surface area contributed by atoms with Crippen LogP contribution in [0, 0.1) is 5.50 Å². The highest BCUT2D eigenvalue weighted by molar-refractivity contribution is 7.89. The van der Waals surface area contributed by atoms with E-state index in [1.807, 2.05) is 0 Å². The van der Waals surface area contributed by atoms with Crippen LogP contribution in [0.1, 0.15) is 0 Å². The van der Waals surface area contributed by atoms with Gasteiger partial charge in [-0.25, -0.2) is 4.39 Å². The molecule has 8 heteroatoms. The molecule has 0 aromatic rings. The van der Waals surface area contributed by atoms with Gasteiger partial charge >= 0.3 is 21.9 Å². The first kappa shape index (κ1) is 9.60. The van der Waals surface area contributed by atoms with E-state index in [2.05, 4.69) is 0 Å². The van der Waals surface area contributed by atoms with Gasteiger partial charge in [-0.3, -0.25) is 0 Å². The summed E-state index contributed by atoms with van der Waals surface area (Å²) in [5.74, 6) is 0. The highest BCUT2D eigenvalue weighted by Gasteiger charge is 2.52. The fourth-order valence-corrected chi connectivity index (χ4v) is 0.415. The lowest BCUT2D eigenvalue weighted by Crippen LogP contribution is -2.21. The van der Waals surface area contributed by atoms with Crippen molar-refractivity contribution in [3.05, 3.63) is 5.50 Å². The van der Waals surface area contributed by atoms with Crippen LogP contribution < -0.4 is 0 Å². The fraction of sp³-hybridized carbons (Fsp3) is 0.500. The molecule has 1 radical (unpaired) electrons. The summed E-state index contributed by atoms with van der Waals surface area (Å²) in [5.41, 5.74) is -3.63. The highest BCUT2D eigenvalue weighted by atomic mass is 32.3. The molecule has 0 aliphatic heterocycles. The normalized spacial score (nSPS) is 14.2. The molecule has 2 nitrogen and oxygen atoms in total. The maximum atomic E-state index is 11.2. The van der Waals surface area contributed by atoms with Crippen LogP contribution in [0.4, 0.5) is 21.4 Å². The number of alkyl halides is 3. The standard InChI is InChI=1S/C2F5O2S/c3-1(2(4,5)6)10(7,8)9. The van der Waals surface area contributed by atoms with Gasteiger partial charge in [0.25, 0.3) is 0 Å². The zero-order chi connectivity index (χ0) is 8.58. The van der Waals surface area contributed by atoms with Gasteiger partial charge in [-0.1, -0.05) is 0 Å². The van der Waals surface area contributed by atoms with Crippen LogP contribution in [-0.4, -0.2) is 14.6 Å². The summed E-state index contributed by atoms with van der Waals surface area (Å²) in [6.07, 6.45) is -5.77. The topological polar surface area (TPSA) is 34.1 Å². The van der Waals surface area contributed by atoms with Crippen molar-refractivity contribution in [3.8, 4) is 0 Å². The lowest BCUT2D eigenvalue weighted by molar-refractivity contribution is -0.123. The molecular weight excluding hydrogens is 183 g/mol. The Kier molecular flexibility index (Phi) is 2.24. The van der Waals surface area contributed by atoms with E-state index in [0.29, 0.717) is 0 Å². The third kappa shape index (κ3) is 2.46. The second kappa shape index (κ2) is 2.33. The Labute approximate surface area is 52.9 Å². The Hall–Kier alpha value is -0.400. The number of halogens is 5. The van der Waals surface area contributed by atoms with Gasteiger partial charge in [0.05, 0.1) is 0 Å². The van der Waals surface area contributed by atoms with Crippen molar-refractivity contribution in [2.45, 2.75) is 6.18 Å². The highest BCUT2D eigenvalue weighted by Crippen LogP contribution is 2.34. The van der Waals surface area contributed by atoms with Crippen molar-refractivity contribution in [1.82, 2.24) is 0 Å². The van der Waals surface area contributed by atoms with E-state index in [1.54, 1.807) is 0 Å². The molecule has 0 aliphatic carbocycles. The van der Waals surface area contributed by atoms with E-state index in [9.17, 15) is 29.9 Å². The van der Waals surface area contributed by atoms with E-state index in [4.69, 9.17) is 0 Å². The molecule has 0 rings (SSSR count). The SMILES string of the molecule is O=S(=O)(F)[C](F)C(F)(F)F. The van der Waals surface area contributed by atoms with Gasteiger partial charge in [0.1, 0.15) is 0 Å². The lowest BCUT2D eigenvalue weighted by atomic mass is 10.7. The molecule has 0 aliphatic rings. The van der Waals surface area contributed by atoms with Gasteiger partial charge < -0.3 is 0 Å². The summed E-state index contributed by atoms with van der Waals surface area (Å²) < 4.78 is 73.5. The van der Waals surface area contributed by atoms with Crippen LogP contribution in [0.5, 0.6) is 0 Å². The molecule has 10 heavy (non-hydrogen) atoms. The van der Waals surface area contributed by atoms with Gasteiger partial charge in [-0.15, -0.1) is 3.89 Å². The monoisotopic (exact) mass is 183 g/mol. The van der Waals surface area contributed by atoms with Crippen molar-refractivity contribution >= 4 is 10.2 Å². The van der Waals surface area contributed by atoms with E-state index < -0.39 is 21.9 Å². The van der Waals surface area contributed by atoms with Gasteiger partial charge in [0.15, 0.2) is 0 Å². The molecule has 0 N–H and O–H groups in total. The van der Waals surface area contributed by atoms with Crippen LogP contribution in [-0.2, 0) is 10.2 Å². The summed E-state index contributed by atoms with van der Waals surface area (Å²) in [6, 6.07) is 0. The zero-order valence-corrected chi connectivity index (χ0v) is 4.93. The summed E-state index contributed by atoms with van der Waals surface area (Å²) in [5, 5.41) is 0. The molecular formula is C2F5O2S. The smallest absolute Gasteiger partial charge is 0.207 e. The van der Waals surface area contributed by atoms with Crippen molar-refractivity contribution in [2.24, 2.45) is 0 Å². The maximum absolute atomic E-state index is 11.2. The molecule has 0 heterocycles. The average Bonchev–Trinajstić information content (AvgIpc) is 1.59. The predicted octanol–water partition coefficient (Wildman–Crippen LogP) is 1.31. The molecule has 61 valence electrons. The molecule has 0 aromatic heterocycles. The van der Waals surface area contributed by atoms with Crippen molar-refractivity contribution in [1.29, 1.82) is 0 Å². The molecule has 0 saturated heterocycles. The number of hydrogen-bond acceptors (Lipinski definition) is 2. The molecule has 0 unspecified atom stereocenters. The Bertz CT molecular complexity index is 202. The van der Waals surface area contributed by atoms with Gasteiger partial charge in [-0.05, 0) is 0 Å². The fourth-order valence-electron chi connectivity index (χ4n) is 0.138. The quantitative estimate of drug-likeness (QED) is 0.453.